The molecule has 0 amide bonds. The number of hydrogen-bond acceptors (Lipinski definition) is 4. The van der Waals surface area contributed by atoms with Crippen molar-refractivity contribution in [3.8, 4) is 17.2 Å². The first kappa shape index (κ1) is 36.4. The number of aliphatic carboxylic acids is 1. The van der Waals surface area contributed by atoms with E-state index in [2.05, 4.69) is 6.92 Å². The normalized spacial score (nSPS) is 19.8. The fourth-order valence-electron chi connectivity index (χ4n) is 6.70. The number of phenols is 2. The second kappa shape index (κ2) is 15.5. The number of ether oxygens (including phenoxy) is 1. The van der Waals surface area contributed by atoms with Crippen LogP contribution >= 0.6 is 0 Å². The number of phenolic OH excluding ortho intramolecular Hbond substituents is 2. The zero-order valence-corrected chi connectivity index (χ0v) is 26.3. The van der Waals surface area contributed by atoms with Gasteiger partial charge in [0.05, 0.1) is 12.0 Å². The Morgan fingerprint density at radius 2 is 1.36 bits per heavy atom. The van der Waals surface area contributed by atoms with Crippen LogP contribution in [-0.4, -0.2) is 40.0 Å². The van der Waals surface area contributed by atoms with Gasteiger partial charge in [-0.3, -0.25) is 4.79 Å². The standard InChI is InChI=1S/C35H47F5O5/c1-3-33(31(43)44,21-11-12-22-34(36,37)35(38,39)40)20-10-8-6-4-5-7-9-13-29-28-19-18-27(42)23-30(28)45-24-32(29,2)25-14-16-26(41)17-15-25/h14-19,23,29,41-42H,3-13,20-22,24H2,1-2H3,(H,43,44). The Balaban J connectivity index is 1.44. The van der Waals surface area contributed by atoms with Crippen LogP contribution in [0.25, 0.3) is 0 Å². The lowest BCUT2D eigenvalue weighted by atomic mass is 9.66. The summed E-state index contributed by atoms with van der Waals surface area (Å²) in [4.78, 5) is 12.1. The van der Waals surface area contributed by atoms with Gasteiger partial charge < -0.3 is 20.1 Å². The van der Waals surface area contributed by atoms with E-state index < -0.39 is 29.9 Å². The number of alkyl halides is 5. The van der Waals surface area contributed by atoms with E-state index in [1.807, 2.05) is 18.2 Å². The number of rotatable bonds is 18. The van der Waals surface area contributed by atoms with Gasteiger partial charge in [0.15, 0.2) is 0 Å². The molecule has 0 radical (unpaired) electrons. The van der Waals surface area contributed by atoms with E-state index in [4.69, 9.17) is 4.74 Å². The molecule has 2 aromatic rings. The number of carboxylic acid groups (broad SMARTS) is 1. The molecule has 1 aliphatic heterocycles. The molecule has 3 rings (SSSR count). The third kappa shape index (κ3) is 9.26. The fourth-order valence-corrected chi connectivity index (χ4v) is 6.70. The second-order valence-corrected chi connectivity index (χ2v) is 12.9. The molecule has 0 fully saturated rings. The van der Waals surface area contributed by atoms with Crippen LogP contribution in [0.4, 0.5) is 22.0 Å². The molecule has 10 heteroatoms. The maximum absolute atomic E-state index is 13.2. The fraction of sp³-hybridized carbons (Fsp3) is 0.629. The Kier molecular flexibility index (Phi) is 12.5. The van der Waals surface area contributed by atoms with Crippen molar-refractivity contribution in [2.75, 3.05) is 6.61 Å². The minimum atomic E-state index is -5.59. The molecular formula is C35H47F5O5. The molecule has 0 saturated carbocycles. The SMILES string of the molecule is CCC(CCCCCCCCCC1c2ccc(O)cc2OCC1(C)c1ccc(O)cc1)(CCCCC(F)(F)C(F)(F)F)C(=O)O. The molecule has 1 aliphatic rings. The Labute approximate surface area is 262 Å². The lowest BCUT2D eigenvalue weighted by molar-refractivity contribution is -0.284. The molecule has 252 valence electrons. The summed E-state index contributed by atoms with van der Waals surface area (Å²) in [5, 5.41) is 29.6. The van der Waals surface area contributed by atoms with Crippen molar-refractivity contribution in [3.63, 3.8) is 0 Å². The predicted octanol–water partition coefficient (Wildman–Crippen LogP) is 10.3. The van der Waals surface area contributed by atoms with Crippen LogP contribution < -0.4 is 4.74 Å². The summed E-state index contributed by atoms with van der Waals surface area (Å²) in [7, 11) is 0. The van der Waals surface area contributed by atoms with Gasteiger partial charge in [-0.25, -0.2) is 0 Å². The highest BCUT2D eigenvalue weighted by Crippen LogP contribution is 2.50. The zero-order chi connectivity index (χ0) is 33.3. The third-order valence-corrected chi connectivity index (χ3v) is 9.79. The summed E-state index contributed by atoms with van der Waals surface area (Å²) in [6.45, 7) is 4.35. The summed E-state index contributed by atoms with van der Waals surface area (Å²) in [6, 6.07) is 12.5. The van der Waals surface area contributed by atoms with Gasteiger partial charge in [0.2, 0.25) is 0 Å². The van der Waals surface area contributed by atoms with Crippen molar-refractivity contribution in [2.45, 2.75) is 127 Å². The average Bonchev–Trinajstić information content (AvgIpc) is 2.98. The van der Waals surface area contributed by atoms with Crippen LogP contribution in [-0.2, 0) is 10.2 Å². The smallest absolute Gasteiger partial charge is 0.453 e. The van der Waals surface area contributed by atoms with Crippen molar-refractivity contribution in [3.05, 3.63) is 53.6 Å². The van der Waals surface area contributed by atoms with Crippen molar-refractivity contribution in [1.29, 1.82) is 0 Å². The maximum atomic E-state index is 13.2. The Morgan fingerprint density at radius 1 is 0.822 bits per heavy atom. The summed E-state index contributed by atoms with van der Waals surface area (Å²) < 4.78 is 69.8. The molecule has 0 aliphatic carbocycles. The summed E-state index contributed by atoms with van der Waals surface area (Å²) in [6.07, 6.45) is 0.862. The summed E-state index contributed by atoms with van der Waals surface area (Å²) in [5.41, 5.74) is 0.718. The van der Waals surface area contributed by atoms with Crippen LogP contribution in [0.5, 0.6) is 17.2 Å². The monoisotopic (exact) mass is 642 g/mol. The highest BCUT2D eigenvalue weighted by molar-refractivity contribution is 5.74. The van der Waals surface area contributed by atoms with E-state index in [0.29, 0.717) is 31.6 Å². The number of carbonyl (C=O) groups is 1. The molecule has 0 saturated heterocycles. The number of unbranched alkanes of at least 4 members (excludes halogenated alkanes) is 7. The molecule has 0 spiro atoms. The minimum absolute atomic E-state index is 0.0103. The first-order valence-corrected chi connectivity index (χ1v) is 16.1. The lowest BCUT2D eigenvalue weighted by Gasteiger charge is -2.43. The van der Waals surface area contributed by atoms with E-state index in [0.717, 1.165) is 56.1 Å². The van der Waals surface area contributed by atoms with Gasteiger partial charge >= 0.3 is 18.1 Å². The Morgan fingerprint density at radius 3 is 1.93 bits per heavy atom. The van der Waals surface area contributed by atoms with Gasteiger partial charge in [0.25, 0.3) is 0 Å². The quantitative estimate of drug-likeness (QED) is 0.111. The third-order valence-electron chi connectivity index (χ3n) is 9.79. The predicted molar refractivity (Wildman–Crippen MR) is 163 cm³/mol. The lowest BCUT2D eigenvalue weighted by Crippen LogP contribution is -2.40. The van der Waals surface area contributed by atoms with Crippen molar-refractivity contribution in [1.82, 2.24) is 0 Å². The van der Waals surface area contributed by atoms with E-state index in [1.54, 1.807) is 31.2 Å². The van der Waals surface area contributed by atoms with E-state index >= 15 is 0 Å². The number of benzene rings is 2. The van der Waals surface area contributed by atoms with Gasteiger partial charge in [0, 0.05) is 23.8 Å². The van der Waals surface area contributed by atoms with Gasteiger partial charge in [-0.2, -0.15) is 22.0 Å². The van der Waals surface area contributed by atoms with E-state index in [9.17, 15) is 42.1 Å². The van der Waals surface area contributed by atoms with Gasteiger partial charge in [-0.1, -0.05) is 83.4 Å². The van der Waals surface area contributed by atoms with E-state index in [-0.39, 0.29) is 42.1 Å². The highest BCUT2D eigenvalue weighted by Gasteiger charge is 2.56. The van der Waals surface area contributed by atoms with Gasteiger partial charge in [0.1, 0.15) is 17.2 Å². The Hall–Kier alpha value is -3.04. The number of halogens is 5. The molecule has 3 N–H and O–H groups in total. The first-order valence-electron chi connectivity index (χ1n) is 16.1. The van der Waals surface area contributed by atoms with E-state index in [1.165, 1.54) is 0 Å². The minimum Gasteiger partial charge on any atom is -0.508 e. The van der Waals surface area contributed by atoms with Crippen LogP contribution in [0.15, 0.2) is 42.5 Å². The number of fused-ring (bicyclic) bond motifs is 1. The first-order chi connectivity index (χ1) is 21.1. The average molecular weight is 643 g/mol. The molecule has 45 heavy (non-hydrogen) atoms. The van der Waals surface area contributed by atoms with Crippen molar-refractivity contribution >= 4 is 5.97 Å². The number of aromatic hydroxyl groups is 2. The molecule has 3 unspecified atom stereocenters. The maximum Gasteiger partial charge on any atom is 0.453 e. The number of hydrogen-bond donors (Lipinski definition) is 3. The molecule has 2 aromatic carbocycles. The largest absolute Gasteiger partial charge is 0.508 e. The van der Waals surface area contributed by atoms with Gasteiger partial charge in [-0.15, -0.1) is 0 Å². The molecule has 0 aromatic heterocycles. The van der Waals surface area contributed by atoms with Crippen LogP contribution in [0, 0.1) is 5.41 Å². The topological polar surface area (TPSA) is 87.0 Å². The van der Waals surface area contributed by atoms with Crippen molar-refractivity contribution < 1.29 is 46.8 Å². The molecule has 1 heterocycles. The summed E-state index contributed by atoms with van der Waals surface area (Å²) in [5.74, 6) is -4.56. The molecular weight excluding hydrogens is 595 g/mol. The van der Waals surface area contributed by atoms with Gasteiger partial charge in [-0.05, 0) is 61.4 Å². The molecule has 3 atom stereocenters. The summed E-state index contributed by atoms with van der Waals surface area (Å²) >= 11 is 0. The highest BCUT2D eigenvalue weighted by atomic mass is 19.4. The zero-order valence-electron chi connectivity index (χ0n) is 26.3. The Bertz CT molecular complexity index is 1230. The van der Waals surface area contributed by atoms with Crippen molar-refractivity contribution in [2.24, 2.45) is 5.41 Å². The van der Waals surface area contributed by atoms with Crippen LogP contribution in [0.1, 0.15) is 121 Å². The van der Waals surface area contributed by atoms with Crippen LogP contribution in [0.3, 0.4) is 0 Å². The number of carboxylic acids is 1. The molecule has 5 nitrogen and oxygen atoms in total. The second-order valence-electron chi connectivity index (χ2n) is 12.9. The van der Waals surface area contributed by atoms with Crippen LogP contribution in [0.2, 0.25) is 0 Å². The molecule has 0 bridgehead atoms.